The van der Waals surface area contributed by atoms with Crippen molar-refractivity contribution in [3.8, 4) is 0 Å². The molecule has 0 aliphatic heterocycles. The lowest BCUT2D eigenvalue weighted by Crippen LogP contribution is -2.30. The van der Waals surface area contributed by atoms with E-state index in [4.69, 9.17) is 21.5 Å². The Bertz CT molecular complexity index is 1420. The van der Waals surface area contributed by atoms with Crippen molar-refractivity contribution in [3.63, 3.8) is 0 Å². The number of halogens is 1. The fourth-order valence-corrected chi connectivity index (χ4v) is 5.63. The fourth-order valence-electron chi connectivity index (χ4n) is 2.58. The van der Waals surface area contributed by atoms with Gasteiger partial charge in [0, 0.05) is 11.4 Å². The molecule has 34 heavy (non-hydrogen) atoms. The molecule has 1 amide bonds. The van der Waals surface area contributed by atoms with Crippen LogP contribution >= 0.6 is 22.9 Å². The van der Waals surface area contributed by atoms with E-state index in [2.05, 4.69) is 10.0 Å². The molecule has 0 aliphatic carbocycles. The Balaban J connectivity index is 1.59. The molecule has 1 unspecified atom stereocenters. The third kappa shape index (κ3) is 6.55. The second kappa shape index (κ2) is 10.1. The van der Waals surface area contributed by atoms with Crippen molar-refractivity contribution < 1.29 is 31.2 Å². The van der Waals surface area contributed by atoms with Crippen LogP contribution < -0.4 is 15.2 Å². The molecule has 0 bridgehead atoms. The number of esters is 1. The molecule has 0 radical (unpaired) electrons. The maximum absolute atomic E-state index is 12.4. The van der Waals surface area contributed by atoms with Crippen molar-refractivity contribution in [3.05, 3.63) is 70.6 Å². The van der Waals surface area contributed by atoms with Crippen LogP contribution in [-0.2, 0) is 29.6 Å². The Hall–Kier alpha value is -2.97. The van der Waals surface area contributed by atoms with Gasteiger partial charge in [-0.3, -0.25) is 9.52 Å². The predicted octanol–water partition coefficient (Wildman–Crippen LogP) is 3.03. The molecule has 180 valence electrons. The minimum atomic E-state index is -3.86. The first-order valence-corrected chi connectivity index (χ1v) is 13.6. The van der Waals surface area contributed by atoms with E-state index in [0.717, 1.165) is 11.3 Å². The highest BCUT2D eigenvalue weighted by Crippen LogP contribution is 2.27. The number of nitrogens with one attached hydrogen (secondary N) is 2. The predicted molar refractivity (Wildman–Crippen MR) is 128 cm³/mol. The molecule has 0 spiro atoms. The van der Waals surface area contributed by atoms with Gasteiger partial charge >= 0.3 is 5.97 Å². The summed E-state index contributed by atoms with van der Waals surface area (Å²) in [6.45, 7) is 1.36. The van der Waals surface area contributed by atoms with Gasteiger partial charge in [-0.2, -0.15) is 0 Å². The van der Waals surface area contributed by atoms with Crippen molar-refractivity contribution in [2.45, 2.75) is 22.1 Å². The summed E-state index contributed by atoms with van der Waals surface area (Å²) in [4.78, 5) is 24.5. The van der Waals surface area contributed by atoms with Crippen LogP contribution in [0.5, 0.6) is 0 Å². The standard InChI is InChI=1S/C20H18ClN3O7S3/c1-12(19(25)23-14-6-8-16(9-7-14)33(22,27)28)31-20(26)13-2-4-15(5-3-13)24-34(29,30)18-11-10-17(21)32-18/h2-12,24H,1H3,(H,23,25)(H2,22,27,28). The zero-order chi connectivity index (χ0) is 25.1. The molecule has 1 aromatic heterocycles. The van der Waals surface area contributed by atoms with Gasteiger partial charge in [-0.25, -0.2) is 26.8 Å². The summed E-state index contributed by atoms with van der Waals surface area (Å²) >= 11 is 6.68. The van der Waals surface area contributed by atoms with Gasteiger partial charge in [-0.15, -0.1) is 11.3 Å². The molecule has 3 rings (SSSR count). The minimum Gasteiger partial charge on any atom is -0.449 e. The van der Waals surface area contributed by atoms with Crippen LogP contribution in [-0.4, -0.2) is 34.8 Å². The summed E-state index contributed by atoms with van der Waals surface area (Å²) in [7, 11) is -7.68. The first kappa shape index (κ1) is 25.6. The fraction of sp³-hybridized carbons (Fsp3) is 0.100. The number of benzene rings is 2. The van der Waals surface area contributed by atoms with Crippen molar-refractivity contribution >= 4 is 66.2 Å². The molecule has 3 aromatic rings. The summed E-state index contributed by atoms with van der Waals surface area (Å²) in [5.74, 6) is -1.44. The molecule has 14 heteroatoms. The summed E-state index contributed by atoms with van der Waals surface area (Å²) in [5, 5.41) is 7.52. The van der Waals surface area contributed by atoms with Crippen molar-refractivity contribution in [1.82, 2.24) is 0 Å². The van der Waals surface area contributed by atoms with Crippen molar-refractivity contribution in [2.24, 2.45) is 5.14 Å². The van der Waals surface area contributed by atoms with E-state index >= 15 is 0 Å². The summed E-state index contributed by atoms with van der Waals surface area (Å²) in [6, 6.07) is 13.4. The highest BCUT2D eigenvalue weighted by atomic mass is 35.5. The Morgan fingerprint density at radius 3 is 2.06 bits per heavy atom. The maximum atomic E-state index is 12.4. The van der Waals surface area contributed by atoms with E-state index in [-0.39, 0.29) is 26.0 Å². The average molecular weight is 544 g/mol. The zero-order valence-electron chi connectivity index (χ0n) is 17.4. The van der Waals surface area contributed by atoms with Crippen LogP contribution in [0.2, 0.25) is 4.34 Å². The number of carbonyl (C=O) groups is 2. The van der Waals surface area contributed by atoms with E-state index in [1.165, 1.54) is 67.6 Å². The van der Waals surface area contributed by atoms with Crippen molar-refractivity contribution in [2.75, 3.05) is 10.0 Å². The third-order valence-corrected chi connectivity index (χ3v) is 8.32. The van der Waals surface area contributed by atoms with Gasteiger partial charge in [-0.05, 0) is 67.6 Å². The lowest BCUT2D eigenvalue weighted by molar-refractivity contribution is -0.123. The molecule has 0 saturated heterocycles. The number of sulfonamides is 2. The molecule has 4 N–H and O–H groups in total. The van der Waals surface area contributed by atoms with Crippen LogP contribution in [0.1, 0.15) is 17.3 Å². The van der Waals surface area contributed by atoms with E-state index in [1.807, 2.05) is 0 Å². The van der Waals surface area contributed by atoms with Gasteiger partial charge in [-0.1, -0.05) is 11.6 Å². The normalized spacial score (nSPS) is 12.6. The quantitative estimate of drug-likeness (QED) is 0.368. The number of nitrogens with two attached hydrogens (primary N) is 1. The largest absolute Gasteiger partial charge is 0.449 e. The van der Waals surface area contributed by atoms with E-state index in [0.29, 0.717) is 4.34 Å². The number of anilines is 2. The van der Waals surface area contributed by atoms with Gasteiger partial charge in [0.15, 0.2) is 6.10 Å². The van der Waals surface area contributed by atoms with Gasteiger partial charge in [0.05, 0.1) is 14.8 Å². The lowest BCUT2D eigenvalue weighted by atomic mass is 10.2. The summed E-state index contributed by atoms with van der Waals surface area (Å²) in [5.41, 5.74) is 0.595. The van der Waals surface area contributed by atoms with Crippen molar-refractivity contribution in [1.29, 1.82) is 0 Å². The number of hydrogen-bond donors (Lipinski definition) is 3. The monoisotopic (exact) mass is 543 g/mol. The van der Waals surface area contributed by atoms with E-state index in [9.17, 15) is 26.4 Å². The number of hydrogen-bond acceptors (Lipinski definition) is 8. The molecule has 2 aromatic carbocycles. The molecular weight excluding hydrogens is 526 g/mol. The van der Waals surface area contributed by atoms with Crippen LogP contribution in [0.3, 0.4) is 0 Å². The number of thiophene rings is 1. The molecular formula is C20H18ClN3O7S3. The van der Waals surface area contributed by atoms with Gasteiger partial charge in [0.2, 0.25) is 10.0 Å². The Morgan fingerprint density at radius 2 is 1.53 bits per heavy atom. The first-order valence-electron chi connectivity index (χ1n) is 9.38. The van der Waals surface area contributed by atoms with Crippen LogP contribution in [0, 0.1) is 0 Å². The van der Waals surface area contributed by atoms with Crippen LogP contribution in [0.25, 0.3) is 0 Å². The molecule has 0 saturated carbocycles. The zero-order valence-corrected chi connectivity index (χ0v) is 20.6. The molecule has 0 fully saturated rings. The smallest absolute Gasteiger partial charge is 0.338 e. The van der Waals surface area contributed by atoms with Gasteiger partial charge in [0.1, 0.15) is 4.21 Å². The van der Waals surface area contributed by atoms with Gasteiger partial charge in [0.25, 0.3) is 15.9 Å². The Kier molecular flexibility index (Phi) is 7.63. The van der Waals surface area contributed by atoms with E-state index < -0.39 is 38.0 Å². The summed E-state index contributed by atoms with van der Waals surface area (Å²) < 4.78 is 55.1. The highest BCUT2D eigenvalue weighted by Gasteiger charge is 2.20. The molecule has 1 heterocycles. The van der Waals surface area contributed by atoms with Gasteiger partial charge < -0.3 is 10.1 Å². The Morgan fingerprint density at radius 1 is 0.941 bits per heavy atom. The molecule has 0 aliphatic rings. The SMILES string of the molecule is CC(OC(=O)c1ccc(NS(=O)(=O)c2ccc(Cl)s2)cc1)C(=O)Nc1ccc(S(N)(=O)=O)cc1. The third-order valence-electron chi connectivity index (χ3n) is 4.29. The second-order valence-corrected chi connectivity index (χ2v) is 12.0. The molecule has 1 atom stereocenters. The van der Waals surface area contributed by atoms with E-state index in [1.54, 1.807) is 0 Å². The number of rotatable bonds is 8. The Labute approximate surface area is 204 Å². The number of primary sulfonamides is 1. The lowest BCUT2D eigenvalue weighted by Gasteiger charge is -2.14. The number of amides is 1. The second-order valence-electron chi connectivity index (χ2n) is 6.85. The first-order chi connectivity index (χ1) is 15.8. The number of carbonyl (C=O) groups excluding carboxylic acids is 2. The number of ether oxygens (including phenoxy) is 1. The highest BCUT2D eigenvalue weighted by molar-refractivity contribution is 7.94. The minimum absolute atomic E-state index is 0.0418. The topological polar surface area (TPSA) is 162 Å². The summed E-state index contributed by atoms with van der Waals surface area (Å²) in [6.07, 6.45) is -1.17. The molecule has 10 nitrogen and oxygen atoms in total. The van der Waals surface area contributed by atoms with Crippen LogP contribution in [0.15, 0.2) is 69.8 Å². The van der Waals surface area contributed by atoms with Crippen LogP contribution in [0.4, 0.5) is 11.4 Å². The average Bonchev–Trinajstić information content (AvgIpc) is 3.21. The maximum Gasteiger partial charge on any atom is 0.338 e.